The van der Waals surface area contributed by atoms with Crippen molar-refractivity contribution < 1.29 is 9.90 Å². The minimum absolute atomic E-state index is 0.0738. The Labute approximate surface area is 116 Å². The lowest BCUT2D eigenvalue weighted by Crippen LogP contribution is -2.20. The number of carboxylic acid groups (broad SMARTS) is 1. The maximum absolute atomic E-state index is 11.2. The zero-order chi connectivity index (χ0) is 14.6. The normalized spacial score (nSPS) is 24.7. The standard InChI is InChI=1S/C17H26O2/c1-6-16(17(18)19)13(5)9-15-10-14(11(2)3)8-7-12(15)4/h7,9,13-14,16H,2,6,8,10H2,1,3-5H3,(H,18,19)/b15-9-/t13-,14?,16-/m0/s1. The first kappa shape index (κ1) is 15.7. The first-order valence-corrected chi connectivity index (χ1v) is 7.12. The lowest BCUT2D eigenvalue weighted by Gasteiger charge is -2.25. The molecule has 1 aliphatic rings. The van der Waals surface area contributed by atoms with Crippen LogP contribution < -0.4 is 0 Å². The maximum Gasteiger partial charge on any atom is 0.307 e. The van der Waals surface area contributed by atoms with E-state index in [0.717, 1.165) is 12.8 Å². The molecule has 0 heterocycles. The van der Waals surface area contributed by atoms with Gasteiger partial charge >= 0.3 is 5.97 Å². The van der Waals surface area contributed by atoms with Crippen LogP contribution in [0.2, 0.25) is 0 Å². The highest BCUT2D eigenvalue weighted by molar-refractivity contribution is 5.70. The van der Waals surface area contributed by atoms with Crippen LogP contribution in [0.5, 0.6) is 0 Å². The third kappa shape index (κ3) is 4.09. The largest absolute Gasteiger partial charge is 0.481 e. The van der Waals surface area contributed by atoms with Crippen molar-refractivity contribution in [3.8, 4) is 0 Å². The van der Waals surface area contributed by atoms with Gasteiger partial charge < -0.3 is 5.11 Å². The highest BCUT2D eigenvalue weighted by atomic mass is 16.4. The van der Waals surface area contributed by atoms with E-state index >= 15 is 0 Å². The second-order valence-corrected chi connectivity index (χ2v) is 5.77. The Bertz CT molecular complexity index is 415. The highest BCUT2D eigenvalue weighted by Gasteiger charge is 2.23. The third-order valence-corrected chi connectivity index (χ3v) is 4.23. The summed E-state index contributed by atoms with van der Waals surface area (Å²) >= 11 is 0. The third-order valence-electron chi connectivity index (χ3n) is 4.23. The quantitative estimate of drug-likeness (QED) is 0.736. The van der Waals surface area contributed by atoms with Crippen molar-refractivity contribution in [3.05, 3.63) is 35.5 Å². The summed E-state index contributed by atoms with van der Waals surface area (Å²) < 4.78 is 0. The molecule has 3 atom stereocenters. The van der Waals surface area contributed by atoms with Crippen LogP contribution in [0.15, 0.2) is 35.5 Å². The van der Waals surface area contributed by atoms with E-state index in [1.807, 2.05) is 13.8 Å². The number of hydrogen-bond donors (Lipinski definition) is 1. The van der Waals surface area contributed by atoms with Gasteiger partial charge in [0.1, 0.15) is 0 Å². The Hall–Kier alpha value is -1.31. The van der Waals surface area contributed by atoms with Gasteiger partial charge in [0.15, 0.2) is 0 Å². The molecule has 19 heavy (non-hydrogen) atoms. The van der Waals surface area contributed by atoms with Gasteiger partial charge in [0, 0.05) is 0 Å². The highest BCUT2D eigenvalue weighted by Crippen LogP contribution is 2.34. The van der Waals surface area contributed by atoms with Crippen molar-refractivity contribution in [2.24, 2.45) is 17.8 Å². The van der Waals surface area contributed by atoms with Crippen molar-refractivity contribution in [1.29, 1.82) is 0 Å². The van der Waals surface area contributed by atoms with E-state index in [9.17, 15) is 9.90 Å². The van der Waals surface area contributed by atoms with E-state index in [2.05, 4.69) is 32.6 Å². The van der Waals surface area contributed by atoms with E-state index in [1.54, 1.807) is 0 Å². The fourth-order valence-electron chi connectivity index (χ4n) is 2.74. The molecule has 0 amide bonds. The van der Waals surface area contributed by atoms with Gasteiger partial charge in [0.2, 0.25) is 0 Å². The number of rotatable bonds is 5. The Morgan fingerprint density at radius 1 is 1.63 bits per heavy atom. The second-order valence-electron chi connectivity index (χ2n) is 5.77. The summed E-state index contributed by atoms with van der Waals surface area (Å²) in [5.41, 5.74) is 3.81. The molecule has 0 fully saturated rings. The molecule has 0 spiro atoms. The van der Waals surface area contributed by atoms with Crippen LogP contribution in [0.3, 0.4) is 0 Å². The average Bonchev–Trinajstić information content (AvgIpc) is 2.31. The number of hydrogen-bond acceptors (Lipinski definition) is 1. The SMILES string of the molecule is C=C(C)C1CC=C(C)/C(=C\[C@H](C)[C@H](CC)C(=O)O)C1. The average molecular weight is 262 g/mol. The lowest BCUT2D eigenvalue weighted by molar-refractivity contribution is -0.142. The van der Waals surface area contributed by atoms with Crippen LogP contribution in [-0.4, -0.2) is 11.1 Å². The van der Waals surface area contributed by atoms with Crippen LogP contribution in [0.25, 0.3) is 0 Å². The van der Waals surface area contributed by atoms with E-state index in [0.29, 0.717) is 12.3 Å². The number of aliphatic carboxylic acids is 1. The van der Waals surface area contributed by atoms with E-state index in [1.165, 1.54) is 16.7 Å². The number of carboxylic acids is 1. The molecule has 2 heteroatoms. The molecule has 0 aromatic carbocycles. The van der Waals surface area contributed by atoms with Crippen LogP contribution in [-0.2, 0) is 4.79 Å². The second kappa shape index (κ2) is 6.74. The molecule has 1 N–H and O–H groups in total. The van der Waals surface area contributed by atoms with Gasteiger partial charge in [-0.2, -0.15) is 0 Å². The molecule has 2 nitrogen and oxygen atoms in total. The maximum atomic E-state index is 11.2. The smallest absolute Gasteiger partial charge is 0.307 e. The number of allylic oxidation sites excluding steroid dienone is 5. The van der Waals surface area contributed by atoms with Crippen LogP contribution in [0.1, 0.15) is 47.0 Å². The molecular formula is C17H26O2. The Morgan fingerprint density at radius 2 is 2.26 bits per heavy atom. The van der Waals surface area contributed by atoms with Crippen molar-refractivity contribution in [2.75, 3.05) is 0 Å². The van der Waals surface area contributed by atoms with Crippen molar-refractivity contribution in [3.63, 3.8) is 0 Å². The fourth-order valence-corrected chi connectivity index (χ4v) is 2.74. The predicted molar refractivity (Wildman–Crippen MR) is 80.0 cm³/mol. The molecule has 1 aliphatic carbocycles. The molecule has 106 valence electrons. The van der Waals surface area contributed by atoms with Crippen molar-refractivity contribution in [2.45, 2.75) is 47.0 Å². The van der Waals surface area contributed by atoms with Gasteiger partial charge in [0.25, 0.3) is 0 Å². The lowest BCUT2D eigenvalue weighted by atomic mass is 9.80. The number of carbonyl (C=O) groups is 1. The van der Waals surface area contributed by atoms with Crippen molar-refractivity contribution >= 4 is 5.97 Å². The summed E-state index contributed by atoms with van der Waals surface area (Å²) in [6.45, 7) is 12.2. The van der Waals surface area contributed by atoms with Crippen LogP contribution in [0.4, 0.5) is 0 Å². The minimum Gasteiger partial charge on any atom is -0.481 e. The van der Waals surface area contributed by atoms with E-state index in [4.69, 9.17) is 0 Å². The summed E-state index contributed by atoms with van der Waals surface area (Å²) in [4.78, 5) is 11.2. The predicted octanol–water partition coefficient (Wildman–Crippen LogP) is 4.59. The first-order chi connectivity index (χ1) is 8.86. The molecule has 0 radical (unpaired) electrons. The van der Waals surface area contributed by atoms with Crippen LogP contribution in [0, 0.1) is 17.8 Å². The Balaban J connectivity index is 2.90. The van der Waals surface area contributed by atoms with E-state index in [-0.39, 0.29) is 11.8 Å². The monoisotopic (exact) mass is 262 g/mol. The first-order valence-electron chi connectivity index (χ1n) is 7.12. The minimum atomic E-state index is -0.694. The molecule has 0 saturated carbocycles. The molecular weight excluding hydrogens is 236 g/mol. The summed E-state index contributed by atoms with van der Waals surface area (Å²) in [5.74, 6) is -0.400. The summed E-state index contributed by atoms with van der Waals surface area (Å²) in [6.07, 6.45) is 7.14. The summed E-state index contributed by atoms with van der Waals surface area (Å²) in [7, 11) is 0. The van der Waals surface area contributed by atoms with Gasteiger partial charge in [-0.05, 0) is 50.5 Å². The van der Waals surface area contributed by atoms with Crippen molar-refractivity contribution in [1.82, 2.24) is 0 Å². The molecule has 0 bridgehead atoms. The molecule has 0 aromatic heterocycles. The van der Waals surface area contributed by atoms with Crippen LogP contribution >= 0.6 is 0 Å². The van der Waals surface area contributed by atoms with E-state index < -0.39 is 5.97 Å². The van der Waals surface area contributed by atoms with Gasteiger partial charge in [0.05, 0.1) is 5.92 Å². The topological polar surface area (TPSA) is 37.3 Å². The molecule has 1 unspecified atom stereocenters. The summed E-state index contributed by atoms with van der Waals surface area (Å²) in [5, 5.41) is 9.22. The molecule has 0 saturated heterocycles. The Morgan fingerprint density at radius 3 is 2.74 bits per heavy atom. The fraction of sp³-hybridized carbons (Fsp3) is 0.588. The Kier molecular flexibility index (Phi) is 5.59. The van der Waals surface area contributed by atoms with Gasteiger partial charge in [-0.1, -0.05) is 43.7 Å². The summed E-state index contributed by atoms with van der Waals surface area (Å²) in [6, 6.07) is 0. The van der Waals surface area contributed by atoms with Gasteiger partial charge in [-0.3, -0.25) is 4.79 Å². The van der Waals surface area contributed by atoms with Gasteiger partial charge in [-0.25, -0.2) is 0 Å². The zero-order valence-corrected chi connectivity index (χ0v) is 12.6. The molecule has 0 aliphatic heterocycles. The zero-order valence-electron chi connectivity index (χ0n) is 12.6. The molecule has 1 rings (SSSR count). The molecule has 0 aromatic rings. The van der Waals surface area contributed by atoms with Gasteiger partial charge in [-0.15, -0.1) is 0 Å².